The summed E-state index contributed by atoms with van der Waals surface area (Å²) in [6.45, 7) is 0.359. The maximum absolute atomic E-state index is 9.48. The van der Waals surface area contributed by atoms with Gasteiger partial charge in [-0.05, 0) is 12.8 Å². The van der Waals surface area contributed by atoms with Crippen molar-refractivity contribution in [2.45, 2.75) is 37.2 Å². The molecule has 1 fully saturated rings. The summed E-state index contributed by atoms with van der Waals surface area (Å²) in [5, 5.41) is 39.5. The lowest BCUT2D eigenvalue weighted by molar-refractivity contribution is -0.0955. The quantitative estimate of drug-likeness (QED) is 0.349. The highest BCUT2D eigenvalue weighted by molar-refractivity contribution is 4.91. The number of rotatable bonds is 3. The Hall–Kier alpha value is -0.200. The topological polar surface area (TPSA) is 93.0 Å². The van der Waals surface area contributed by atoms with Crippen molar-refractivity contribution >= 4 is 0 Å². The summed E-state index contributed by atoms with van der Waals surface area (Å²) in [6, 6.07) is -0.231. The lowest BCUT2D eigenvalue weighted by atomic mass is 9.93. The van der Waals surface area contributed by atoms with E-state index in [0.29, 0.717) is 12.8 Å². The average molecular weight is 191 g/mol. The van der Waals surface area contributed by atoms with Crippen LogP contribution >= 0.6 is 0 Å². The van der Waals surface area contributed by atoms with Crippen LogP contribution in [0.3, 0.4) is 0 Å². The van der Waals surface area contributed by atoms with Crippen molar-refractivity contribution in [3.63, 3.8) is 0 Å². The van der Waals surface area contributed by atoms with Gasteiger partial charge in [-0.2, -0.15) is 0 Å². The van der Waals surface area contributed by atoms with Gasteiger partial charge in [0.05, 0.1) is 12.2 Å². The van der Waals surface area contributed by atoms with E-state index in [0.717, 1.165) is 0 Å². The number of nitrogens with one attached hydrogen (secondary N) is 1. The highest BCUT2D eigenvalue weighted by Gasteiger charge is 2.35. The fraction of sp³-hybridized carbons (Fsp3) is 1.00. The van der Waals surface area contributed by atoms with Crippen molar-refractivity contribution in [1.82, 2.24) is 5.32 Å². The minimum Gasteiger partial charge on any atom is -0.396 e. The Kier molecular flexibility index (Phi) is 4.08. The van der Waals surface area contributed by atoms with Crippen LogP contribution in [0.15, 0.2) is 0 Å². The molecule has 0 aromatic carbocycles. The van der Waals surface area contributed by atoms with Crippen molar-refractivity contribution in [2.24, 2.45) is 0 Å². The molecule has 5 heteroatoms. The standard InChI is InChI=1S/C8H17NO4/c10-3-1-2-5-7(12)8(13)6(11)4-9-5/h5-13H,1-4H2/t5-,6+,7-,8-/m0/s1. The molecule has 0 amide bonds. The first kappa shape index (κ1) is 10.9. The first-order valence-corrected chi connectivity index (χ1v) is 4.55. The second-order valence-corrected chi connectivity index (χ2v) is 3.43. The van der Waals surface area contributed by atoms with Crippen LogP contribution in [0.5, 0.6) is 0 Å². The molecule has 4 atom stereocenters. The van der Waals surface area contributed by atoms with Crippen LogP contribution in [-0.2, 0) is 0 Å². The molecule has 0 aromatic rings. The van der Waals surface area contributed by atoms with Gasteiger partial charge in [0.15, 0.2) is 0 Å². The molecule has 1 aliphatic heterocycles. The lowest BCUT2D eigenvalue weighted by Crippen LogP contribution is -2.59. The lowest BCUT2D eigenvalue weighted by Gasteiger charge is -2.36. The van der Waals surface area contributed by atoms with Crippen LogP contribution in [0, 0.1) is 0 Å². The molecular formula is C8H17NO4. The van der Waals surface area contributed by atoms with E-state index in [-0.39, 0.29) is 19.2 Å². The van der Waals surface area contributed by atoms with Gasteiger partial charge in [-0.15, -0.1) is 0 Å². The second kappa shape index (κ2) is 4.88. The van der Waals surface area contributed by atoms with Gasteiger partial charge in [0.1, 0.15) is 6.10 Å². The van der Waals surface area contributed by atoms with Crippen molar-refractivity contribution in [2.75, 3.05) is 13.2 Å². The number of aliphatic hydroxyl groups is 4. The zero-order valence-corrected chi connectivity index (χ0v) is 7.43. The van der Waals surface area contributed by atoms with E-state index in [4.69, 9.17) is 10.2 Å². The fourth-order valence-corrected chi connectivity index (χ4v) is 1.56. The monoisotopic (exact) mass is 191 g/mol. The van der Waals surface area contributed by atoms with Gasteiger partial charge in [0.2, 0.25) is 0 Å². The predicted octanol–water partition coefficient (Wildman–Crippen LogP) is -2.19. The normalized spacial score (nSPS) is 40.6. The Morgan fingerprint density at radius 3 is 2.46 bits per heavy atom. The zero-order chi connectivity index (χ0) is 9.84. The number of hydrogen-bond acceptors (Lipinski definition) is 5. The SMILES string of the molecule is OCCC[C@@H]1NC[C@@H](O)[C@H](O)[C@H]1O. The third kappa shape index (κ3) is 2.62. The molecule has 1 rings (SSSR count). The van der Waals surface area contributed by atoms with E-state index < -0.39 is 18.3 Å². The molecule has 0 spiro atoms. The molecule has 1 heterocycles. The fourth-order valence-electron chi connectivity index (χ4n) is 1.56. The highest BCUT2D eigenvalue weighted by Crippen LogP contribution is 2.14. The van der Waals surface area contributed by atoms with E-state index in [1.54, 1.807) is 0 Å². The zero-order valence-electron chi connectivity index (χ0n) is 7.43. The molecular weight excluding hydrogens is 174 g/mol. The van der Waals surface area contributed by atoms with Crippen molar-refractivity contribution in [3.8, 4) is 0 Å². The number of piperidine rings is 1. The van der Waals surface area contributed by atoms with E-state index >= 15 is 0 Å². The molecule has 0 saturated carbocycles. The number of hydrogen-bond donors (Lipinski definition) is 5. The summed E-state index contributed by atoms with van der Waals surface area (Å²) in [7, 11) is 0. The highest BCUT2D eigenvalue weighted by atomic mass is 16.4. The average Bonchev–Trinajstić information content (AvgIpc) is 2.13. The van der Waals surface area contributed by atoms with E-state index in [9.17, 15) is 10.2 Å². The largest absolute Gasteiger partial charge is 0.396 e. The second-order valence-electron chi connectivity index (χ2n) is 3.43. The van der Waals surface area contributed by atoms with Crippen molar-refractivity contribution in [1.29, 1.82) is 0 Å². The molecule has 13 heavy (non-hydrogen) atoms. The van der Waals surface area contributed by atoms with Gasteiger partial charge in [0.25, 0.3) is 0 Å². The molecule has 0 aromatic heterocycles. The minimum atomic E-state index is -1.08. The molecule has 0 aliphatic carbocycles. The maximum atomic E-state index is 9.48. The Balaban J connectivity index is 2.39. The van der Waals surface area contributed by atoms with Crippen molar-refractivity contribution in [3.05, 3.63) is 0 Å². The summed E-state index contributed by atoms with van der Waals surface area (Å²) in [5.41, 5.74) is 0. The van der Waals surface area contributed by atoms with Crippen LogP contribution in [0.2, 0.25) is 0 Å². The summed E-state index contributed by atoms with van der Waals surface area (Å²) < 4.78 is 0. The van der Waals surface area contributed by atoms with E-state index in [1.807, 2.05) is 0 Å². The van der Waals surface area contributed by atoms with E-state index in [2.05, 4.69) is 5.32 Å². The number of β-amino-alcohol motifs (C(OH)–C–C–N with tert-alkyl or cyclic N) is 1. The van der Waals surface area contributed by atoms with Crippen LogP contribution in [0.1, 0.15) is 12.8 Å². The van der Waals surface area contributed by atoms with Gasteiger partial charge >= 0.3 is 0 Å². The molecule has 0 unspecified atom stereocenters. The summed E-state index contributed by atoms with van der Waals surface area (Å²) in [5.74, 6) is 0. The Morgan fingerprint density at radius 1 is 1.15 bits per heavy atom. The van der Waals surface area contributed by atoms with Gasteiger partial charge < -0.3 is 25.7 Å². The predicted molar refractivity (Wildman–Crippen MR) is 46.1 cm³/mol. The third-order valence-corrected chi connectivity index (χ3v) is 2.42. The van der Waals surface area contributed by atoms with Crippen LogP contribution in [0.4, 0.5) is 0 Å². The molecule has 0 radical (unpaired) electrons. The van der Waals surface area contributed by atoms with Gasteiger partial charge in [0, 0.05) is 19.2 Å². The first-order valence-electron chi connectivity index (χ1n) is 4.55. The summed E-state index contributed by atoms with van der Waals surface area (Å²) in [6.07, 6.45) is -1.75. The maximum Gasteiger partial charge on any atom is 0.108 e. The van der Waals surface area contributed by atoms with Crippen LogP contribution < -0.4 is 5.32 Å². The third-order valence-electron chi connectivity index (χ3n) is 2.42. The summed E-state index contributed by atoms with van der Waals surface area (Å²) >= 11 is 0. The van der Waals surface area contributed by atoms with Gasteiger partial charge in [-0.3, -0.25) is 0 Å². The first-order chi connectivity index (χ1) is 6.16. The molecule has 1 saturated heterocycles. The molecule has 5 nitrogen and oxygen atoms in total. The molecule has 78 valence electrons. The van der Waals surface area contributed by atoms with Crippen LogP contribution in [-0.4, -0.2) is 57.9 Å². The Labute approximate surface area is 77.0 Å². The molecule has 1 aliphatic rings. The Bertz CT molecular complexity index is 153. The van der Waals surface area contributed by atoms with Crippen molar-refractivity contribution < 1.29 is 20.4 Å². The number of aliphatic hydroxyl groups excluding tert-OH is 4. The van der Waals surface area contributed by atoms with Crippen LogP contribution in [0.25, 0.3) is 0 Å². The van der Waals surface area contributed by atoms with Gasteiger partial charge in [-0.1, -0.05) is 0 Å². The van der Waals surface area contributed by atoms with E-state index in [1.165, 1.54) is 0 Å². The smallest absolute Gasteiger partial charge is 0.108 e. The molecule has 5 N–H and O–H groups in total. The Morgan fingerprint density at radius 2 is 1.85 bits per heavy atom. The van der Waals surface area contributed by atoms with Gasteiger partial charge in [-0.25, -0.2) is 0 Å². The summed E-state index contributed by atoms with van der Waals surface area (Å²) in [4.78, 5) is 0. The molecule has 0 bridgehead atoms. The minimum absolute atomic E-state index is 0.0730.